The minimum Gasteiger partial charge on any atom is -0.508 e. The Labute approximate surface area is 133 Å². The second-order valence-electron chi connectivity index (χ2n) is 4.75. The monoisotopic (exact) mass is 333 g/mol. The van der Waals surface area contributed by atoms with Gasteiger partial charge in [-0.25, -0.2) is 8.42 Å². The van der Waals surface area contributed by atoms with Crippen molar-refractivity contribution in [1.82, 2.24) is 0 Å². The standard InChI is InChI=1S/C16H12ClNO3S/c17-15-10-5-11-3-1-2-4-14(11)16(15)22(20,21)18-12-6-8-13(19)9-7-12/h1-10,18-19H. The molecule has 0 amide bonds. The number of nitrogens with one attached hydrogen (secondary N) is 1. The highest BCUT2D eigenvalue weighted by molar-refractivity contribution is 7.93. The van der Waals surface area contributed by atoms with Gasteiger partial charge in [0, 0.05) is 11.1 Å². The highest BCUT2D eigenvalue weighted by atomic mass is 35.5. The average molecular weight is 334 g/mol. The summed E-state index contributed by atoms with van der Waals surface area (Å²) < 4.78 is 27.8. The van der Waals surface area contributed by atoms with Gasteiger partial charge in [0.2, 0.25) is 0 Å². The first-order chi connectivity index (χ1) is 10.5. The number of aromatic hydroxyl groups is 1. The van der Waals surface area contributed by atoms with Crippen LogP contribution in [0.3, 0.4) is 0 Å². The van der Waals surface area contributed by atoms with E-state index in [4.69, 9.17) is 11.6 Å². The lowest BCUT2D eigenvalue weighted by atomic mass is 10.1. The molecule has 2 N–H and O–H groups in total. The minimum atomic E-state index is -3.85. The molecule has 3 aromatic carbocycles. The molecule has 112 valence electrons. The predicted molar refractivity (Wildman–Crippen MR) is 87.9 cm³/mol. The number of benzene rings is 3. The Kier molecular flexibility index (Phi) is 3.68. The summed E-state index contributed by atoms with van der Waals surface area (Å²) in [5, 5.41) is 10.8. The smallest absolute Gasteiger partial charge is 0.264 e. The van der Waals surface area contributed by atoms with E-state index in [1.807, 2.05) is 12.1 Å². The number of hydrogen-bond acceptors (Lipinski definition) is 3. The van der Waals surface area contributed by atoms with Crippen LogP contribution in [0.1, 0.15) is 0 Å². The van der Waals surface area contributed by atoms with E-state index in [-0.39, 0.29) is 15.7 Å². The van der Waals surface area contributed by atoms with E-state index in [2.05, 4.69) is 4.72 Å². The summed E-state index contributed by atoms with van der Waals surface area (Å²) in [6.07, 6.45) is 0. The second kappa shape index (κ2) is 5.51. The molecule has 0 aromatic heterocycles. The Balaban J connectivity index is 2.13. The summed E-state index contributed by atoms with van der Waals surface area (Å²) in [6.45, 7) is 0. The Morgan fingerprint density at radius 2 is 1.59 bits per heavy atom. The first-order valence-corrected chi connectivity index (χ1v) is 8.32. The van der Waals surface area contributed by atoms with Gasteiger partial charge in [-0.15, -0.1) is 0 Å². The van der Waals surface area contributed by atoms with Crippen molar-refractivity contribution in [1.29, 1.82) is 0 Å². The van der Waals surface area contributed by atoms with E-state index in [1.54, 1.807) is 24.3 Å². The number of halogens is 1. The third-order valence-electron chi connectivity index (χ3n) is 3.22. The molecule has 22 heavy (non-hydrogen) atoms. The van der Waals surface area contributed by atoms with Gasteiger partial charge in [-0.1, -0.05) is 41.9 Å². The van der Waals surface area contributed by atoms with E-state index < -0.39 is 10.0 Å². The molecular formula is C16H12ClNO3S. The van der Waals surface area contributed by atoms with Crippen LogP contribution in [-0.4, -0.2) is 13.5 Å². The molecule has 0 saturated carbocycles. The van der Waals surface area contributed by atoms with Crippen molar-refractivity contribution in [3.05, 3.63) is 65.7 Å². The van der Waals surface area contributed by atoms with Gasteiger partial charge in [0.15, 0.2) is 0 Å². The lowest BCUT2D eigenvalue weighted by Gasteiger charge is -2.12. The van der Waals surface area contributed by atoms with Crippen molar-refractivity contribution in [2.75, 3.05) is 4.72 Å². The Bertz CT molecular complexity index is 937. The zero-order chi connectivity index (χ0) is 15.7. The molecule has 0 radical (unpaired) electrons. The van der Waals surface area contributed by atoms with E-state index >= 15 is 0 Å². The number of hydrogen-bond donors (Lipinski definition) is 2. The molecule has 0 saturated heterocycles. The quantitative estimate of drug-likeness (QED) is 0.712. The Morgan fingerprint density at radius 3 is 2.32 bits per heavy atom. The van der Waals surface area contributed by atoms with Gasteiger partial charge in [0.1, 0.15) is 10.6 Å². The molecule has 0 unspecified atom stereocenters. The van der Waals surface area contributed by atoms with Gasteiger partial charge in [-0.3, -0.25) is 4.72 Å². The van der Waals surface area contributed by atoms with Gasteiger partial charge in [-0.05, 0) is 35.7 Å². The number of phenolic OH excluding ortho intramolecular Hbond substituents is 1. The van der Waals surface area contributed by atoms with Gasteiger partial charge in [0.25, 0.3) is 10.0 Å². The highest BCUT2D eigenvalue weighted by Gasteiger charge is 2.21. The van der Waals surface area contributed by atoms with Crippen molar-refractivity contribution < 1.29 is 13.5 Å². The summed E-state index contributed by atoms with van der Waals surface area (Å²) >= 11 is 6.12. The van der Waals surface area contributed by atoms with Crippen LogP contribution in [-0.2, 0) is 10.0 Å². The topological polar surface area (TPSA) is 66.4 Å². The maximum Gasteiger partial charge on any atom is 0.264 e. The molecule has 0 aliphatic heterocycles. The largest absolute Gasteiger partial charge is 0.508 e. The van der Waals surface area contributed by atoms with Crippen molar-refractivity contribution in [3.8, 4) is 5.75 Å². The summed E-state index contributed by atoms with van der Waals surface area (Å²) in [4.78, 5) is 0.0420. The predicted octanol–water partition coefficient (Wildman–Crippen LogP) is 4.00. The number of fused-ring (bicyclic) bond motifs is 1. The molecule has 6 heteroatoms. The number of phenols is 1. The third-order valence-corrected chi connectivity index (χ3v) is 5.13. The van der Waals surface area contributed by atoms with Crippen molar-refractivity contribution >= 4 is 38.1 Å². The molecule has 0 fully saturated rings. The number of rotatable bonds is 3. The van der Waals surface area contributed by atoms with Gasteiger partial charge >= 0.3 is 0 Å². The van der Waals surface area contributed by atoms with Crippen LogP contribution in [0.2, 0.25) is 5.02 Å². The molecule has 0 spiro atoms. The van der Waals surface area contributed by atoms with Gasteiger partial charge < -0.3 is 5.11 Å². The highest BCUT2D eigenvalue weighted by Crippen LogP contribution is 2.31. The van der Waals surface area contributed by atoms with E-state index in [0.29, 0.717) is 11.1 Å². The fourth-order valence-corrected chi connectivity index (χ4v) is 4.04. The third kappa shape index (κ3) is 2.73. The first-order valence-electron chi connectivity index (χ1n) is 6.46. The van der Waals surface area contributed by atoms with Crippen LogP contribution in [0.15, 0.2) is 65.6 Å². The SMILES string of the molecule is O=S(=O)(Nc1ccc(O)cc1)c1c(Cl)ccc2ccccc12. The lowest BCUT2D eigenvalue weighted by molar-refractivity contribution is 0.475. The molecule has 4 nitrogen and oxygen atoms in total. The van der Waals surface area contributed by atoms with Gasteiger partial charge in [0.05, 0.1) is 5.02 Å². The fourth-order valence-electron chi connectivity index (χ4n) is 2.23. The zero-order valence-electron chi connectivity index (χ0n) is 11.3. The van der Waals surface area contributed by atoms with Crippen LogP contribution < -0.4 is 4.72 Å². The van der Waals surface area contributed by atoms with Crippen LogP contribution >= 0.6 is 11.6 Å². The number of sulfonamides is 1. The second-order valence-corrected chi connectivity index (χ2v) is 6.78. The molecule has 3 rings (SSSR count). The molecule has 0 heterocycles. The molecule has 3 aromatic rings. The maximum atomic E-state index is 12.7. The van der Waals surface area contributed by atoms with Crippen molar-refractivity contribution in [2.45, 2.75) is 4.90 Å². The first kappa shape index (κ1) is 14.7. The molecular weight excluding hydrogens is 322 g/mol. The maximum absolute atomic E-state index is 12.7. The molecule has 0 aliphatic carbocycles. The Morgan fingerprint density at radius 1 is 0.909 bits per heavy atom. The normalized spacial score (nSPS) is 11.5. The summed E-state index contributed by atoms with van der Waals surface area (Å²) in [6, 6.07) is 16.2. The Hall–Kier alpha value is -2.24. The van der Waals surface area contributed by atoms with E-state index in [1.165, 1.54) is 24.3 Å². The van der Waals surface area contributed by atoms with E-state index in [0.717, 1.165) is 5.39 Å². The summed E-state index contributed by atoms with van der Waals surface area (Å²) in [5.41, 5.74) is 0.349. The van der Waals surface area contributed by atoms with Crippen molar-refractivity contribution in [2.24, 2.45) is 0 Å². The van der Waals surface area contributed by atoms with Crippen LogP contribution in [0.5, 0.6) is 5.75 Å². The summed E-state index contributed by atoms with van der Waals surface area (Å²) in [7, 11) is -3.85. The molecule has 0 aliphatic rings. The van der Waals surface area contributed by atoms with Crippen molar-refractivity contribution in [3.63, 3.8) is 0 Å². The van der Waals surface area contributed by atoms with Gasteiger partial charge in [-0.2, -0.15) is 0 Å². The zero-order valence-corrected chi connectivity index (χ0v) is 12.9. The van der Waals surface area contributed by atoms with Crippen LogP contribution in [0, 0.1) is 0 Å². The lowest BCUT2D eigenvalue weighted by Crippen LogP contribution is -2.14. The minimum absolute atomic E-state index is 0.0420. The van der Waals surface area contributed by atoms with Crippen LogP contribution in [0.25, 0.3) is 10.8 Å². The van der Waals surface area contributed by atoms with E-state index in [9.17, 15) is 13.5 Å². The fraction of sp³-hybridized carbons (Fsp3) is 0. The summed E-state index contributed by atoms with van der Waals surface area (Å²) in [5.74, 6) is 0.0612. The molecule has 0 atom stereocenters. The molecule has 0 bridgehead atoms. The van der Waals surface area contributed by atoms with Crippen LogP contribution in [0.4, 0.5) is 5.69 Å². The average Bonchev–Trinajstić information content (AvgIpc) is 2.49. The number of anilines is 1.